The molecule has 0 bridgehead atoms. The third kappa shape index (κ3) is 3.36. The summed E-state index contributed by atoms with van der Waals surface area (Å²) < 4.78 is 0. The van der Waals surface area contributed by atoms with Crippen molar-refractivity contribution in [2.45, 2.75) is 20.4 Å². The molecular formula is C15H19N3OS. The molecule has 0 saturated carbocycles. The van der Waals surface area contributed by atoms with Gasteiger partial charge in [0.1, 0.15) is 5.01 Å². The number of amides is 1. The number of hydrogen-bond acceptors (Lipinski definition) is 4. The molecule has 5 heteroatoms. The SMILES string of the molecule is Cc1nc(CNC(=O)c2cccc(N(C)C)c2)sc1C. The van der Waals surface area contributed by atoms with Gasteiger partial charge in [-0.05, 0) is 32.0 Å². The fraction of sp³-hybridized carbons (Fsp3) is 0.333. The van der Waals surface area contributed by atoms with Crippen molar-refractivity contribution >= 4 is 22.9 Å². The zero-order valence-electron chi connectivity index (χ0n) is 12.2. The molecular weight excluding hydrogens is 270 g/mol. The van der Waals surface area contributed by atoms with E-state index in [0.717, 1.165) is 16.4 Å². The highest BCUT2D eigenvalue weighted by atomic mass is 32.1. The molecule has 0 fully saturated rings. The molecule has 2 aromatic rings. The number of aryl methyl sites for hydroxylation is 2. The Labute approximate surface area is 123 Å². The number of rotatable bonds is 4. The lowest BCUT2D eigenvalue weighted by atomic mass is 10.2. The largest absolute Gasteiger partial charge is 0.378 e. The second kappa shape index (κ2) is 6.05. The normalized spacial score (nSPS) is 10.4. The van der Waals surface area contributed by atoms with Crippen LogP contribution < -0.4 is 10.2 Å². The van der Waals surface area contributed by atoms with Crippen LogP contribution in [-0.4, -0.2) is 25.0 Å². The van der Waals surface area contributed by atoms with Crippen LogP contribution in [0.25, 0.3) is 0 Å². The molecule has 0 radical (unpaired) electrons. The molecule has 0 aliphatic heterocycles. The first-order valence-corrected chi connectivity index (χ1v) is 7.27. The van der Waals surface area contributed by atoms with E-state index in [4.69, 9.17) is 0 Å². The Morgan fingerprint density at radius 1 is 1.35 bits per heavy atom. The maximum Gasteiger partial charge on any atom is 0.251 e. The zero-order chi connectivity index (χ0) is 14.7. The van der Waals surface area contributed by atoms with Crippen molar-refractivity contribution < 1.29 is 4.79 Å². The fourth-order valence-corrected chi connectivity index (χ4v) is 2.67. The number of carbonyl (C=O) groups excluding carboxylic acids is 1. The van der Waals surface area contributed by atoms with Gasteiger partial charge < -0.3 is 10.2 Å². The Morgan fingerprint density at radius 2 is 2.10 bits per heavy atom. The summed E-state index contributed by atoms with van der Waals surface area (Å²) in [6.45, 7) is 4.50. The van der Waals surface area contributed by atoms with Gasteiger partial charge in [0.05, 0.1) is 12.2 Å². The van der Waals surface area contributed by atoms with Crippen molar-refractivity contribution in [1.29, 1.82) is 0 Å². The number of nitrogens with zero attached hydrogens (tertiary/aromatic N) is 2. The molecule has 106 valence electrons. The van der Waals surface area contributed by atoms with Gasteiger partial charge in [-0.1, -0.05) is 6.07 Å². The Morgan fingerprint density at radius 3 is 2.70 bits per heavy atom. The lowest BCUT2D eigenvalue weighted by Crippen LogP contribution is -2.23. The Bertz CT molecular complexity index is 600. The number of carbonyl (C=O) groups is 1. The van der Waals surface area contributed by atoms with E-state index in [1.165, 1.54) is 4.88 Å². The number of nitrogens with one attached hydrogen (secondary N) is 1. The minimum absolute atomic E-state index is 0.0702. The molecule has 0 unspecified atom stereocenters. The van der Waals surface area contributed by atoms with Crippen molar-refractivity contribution in [2.24, 2.45) is 0 Å². The lowest BCUT2D eigenvalue weighted by Gasteiger charge is -2.13. The third-order valence-electron chi connectivity index (χ3n) is 3.10. The molecule has 20 heavy (non-hydrogen) atoms. The Kier molecular flexibility index (Phi) is 4.39. The van der Waals surface area contributed by atoms with Crippen LogP contribution in [0.4, 0.5) is 5.69 Å². The maximum atomic E-state index is 12.1. The highest BCUT2D eigenvalue weighted by Crippen LogP contribution is 2.17. The summed E-state index contributed by atoms with van der Waals surface area (Å²) in [6, 6.07) is 7.57. The summed E-state index contributed by atoms with van der Waals surface area (Å²) in [5.74, 6) is -0.0702. The Balaban J connectivity index is 2.03. The lowest BCUT2D eigenvalue weighted by molar-refractivity contribution is 0.0951. The van der Waals surface area contributed by atoms with Crippen molar-refractivity contribution in [2.75, 3.05) is 19.0 Å². The van der Waals surface area contributed by atoms with E-state index in [-0.39, 0.29) is 5.91 Å². The summed E-state index contributed by atoms with van der Waals surface area (Å²) in [5, 5.41) is 3.85. The number of thiazole rings is 1. The van der Waals surface area contributed by atoms with E-state index >= 15 is 0 Å². The molecule has 0 aliphatic carbocycles. The highest BCUT2D eigenvalue weighted by molar-refractivity contribution is 7.11. The minimum Gasteiger partial charge on any atom is -0.378 e. The van der Waals surface area contributed by atoms with Crippen LogP contribution in [0.1, 0.15) is 25.9 Å². The quantitative estimate of drug-likeness (QED) is 0.941. The van der Waals surface area contributed by atoms with E-state index in [1.54, 1.807) is 11.3 Å². The molecule has 0 aliphatic rings. The van der Waals surface area contributed by atoms with E-state index in [2.05, 4.69) is 10.3 Å². The smallest absolute Gasteiger partial charge is 0.251 e. The van der Waals surface area contributed by atoms with E-state index < -0.39 is 0 Å². The van der Waals surface area contributed by atoms with Gasteiger partial charge in [0.2, 0.25) is 0 Å². The molecule has 0 spiro atoms. The standard InChI is InChI=1S/C15H19N3OS/c1-10-11(2)20-14(17-10)9-16-15(19)12-6-5-7-13(8-12)18(3)4/h5-8H,9H2,1-4H3,(H,16,19). The van der Waals surface area contributed by atoms with Crippen LogP contribution in [0.15, 0.2) is 24.3 Å². The summed E-state index contributed by atoms with van der Waals surface area (Å²) >= 11 is 1.63. The first-order chi connectivity index (χ1) is 9.47. The van der Waals surface area contributed by atoms with Gasteiger partial charge >= 0.3 is 0 Å². The van der Waals surface area contributed by atoms with Crippen LogP contribution in [0, 0.1) is 13.8 Å². The average Bonchev–Trinajstić information content (AvgIpc) is 2.75. The van der Waals surface area contributed by atoms with E-state index in [9.17, 15) is 4.79 Å². The van der Waals surface area contributed by atoms with Crippen molar-refractivity contribution in [3.8, 4) is 0 Å². The number of benzene rings is 1. The van der Waals surface area contributed by atoms with Gasteiger partial charge in [-0.2, -0.15) is 0 Å². The van der Waals surface area contributed by atoms with Crippen molar-refractivity contribution in [3.63, 3.8) is 0 Å². The average molecular weight is 289 g/mol. The molecule has 0 atom stereocenters. The van der Waals surface area contributed by atoms with Gasteiger partial charge in [-0.15, -0.1) is 11.3 Å². The maximum absolute atomic E-state index is 12.1. The summed E-state index contributed by atoms with van der Waals surface area (Å²) in [5.41, 5.74) is 2.72. The zero-order valence-corrected chi connectivity index (χ0v) is 13.0. The molecule has 0 saturated heterocycles. The van der Waals surface area contributed by atoms with Crippen LogP contribution in [0.5, 0.6) is 0 Å². The molecule has 1 aromatic heterocycles. The summed E-state index contributed by atoms with van der Waals surface area (Å²) in [7, 11) is 3.91. The third-order valence-corrected chi connectivity index (χ3v) is 4.17. The molecule has 1 N–H and O–H groups in total. The number of anilines is 1. The number of aromatic nitrogens is 1. The monoisotopic (exact) mass is 289 g/mol. The second-order valence-corrected chi connectivity index (χ2v) is 6.16. The molecule has 1 amide bonds. The topological polar surface area (TPSA) is 45.2 Å². The van der Waals surface area contributed by atoms with Crippen LogP contribution >= 0.6 is 11.3 Å². The summed E-state index contributed by atoms with van der Waals surface area (Å²) in [4.78, 5) is 19.7. The number of hydrogen-bond donors (Lipinski definition) is 1. The van der Waals surface area contributed by atoms with Crippen LogP contribution in [0.3, 0.4) is 0 Å². The van der Waals surface area contributed by atoms with Gasteiger partial charge in [0, 0.05) is 30.2 Å². The molecule has 2 rings (SSSR count). The fourth-order valence-electron chi connectivity index (χ4n) is 1.80. The second-order valence-electron chi connectivity index (χ2n) is 4.88. The molecule has 1 heterocycles. The first kappa shape index (κ1) is 14.5. The Hall–Kier alpha value is -1.88. The van der Waals surface area contributed by atoms with Crippen LogP contribution in [0.2, 0.25) is 0 Å². The van der Waals surface area contributed by atoms with Crippen molar-refractivity contribution in [3.05, 3.63) is 45.4 Å². The predicted octanol–water partition coefficient (Wildman–Crippen LogP) is 2.76. The highest BCUT2D eigenvalue weighted by Gasteiger charge is 2.09. The van der Waals surface area contributed by atoms with Gasteiger partial charge in [0.25, 0.3) is 5.91 Å². The van der Waals surface area contributed by atoms with Gasteiger partial charge in [-0.25, -0.2) is 4.98 Å². The van der Waals surface area contributed by atoms with Crippen LogP contribution in [-0.2, 0) is 6.54 Å². The van der Waals surface area contributed by atoms with Gasteiger partial charge in [-0.3, -0.25) is 4.79 Å². The first-order valence-electron chi connectivity index (χ1n) is 6.46. The molecule has 4 nitrogen and oxygen atoms in total. The summed E-state index contributed by atoms with van der Waals surface area (Å²) in [6.07, 6.45) is 0. The van der Waals surface area contributed by atoms with E-state index in [0.29, 0.717) is 12.1 Å². The van der Waals surface area contributed by atoms with Gasteiger partial charge in [0.15, 0.2) is 0 Å². The predicted molar refractivity (Wildman–Crippen MR) is 83.5 cm³/mol. The minimum atomic E-state index is -0.0702. The van der Waals surface area contributed by atoms with Crippen molar-refractivity contribution in [1.82, 2.24) is 10.3 Å². The molecule has 1 aromatic carbocycles. The van der Waals surface area contributed by atoms with E-state index in [1.807, 2.05) is 57.1 Å².